The topological polar surface area (TPSA) is 57.2 Å². The van der Waals surface area contributed by atoms with Gasteiger partial charge in [0.2, 0.25) is 0 Å². The number of Topliss-reactive ketones (excluding diaryl/α,β-unsaturated/α-hetero) is 1. The number of carboxylic acids is 1. The molecular formula is C5H7NaO3. The van der Waals surface area contributed by atoms with Gasteiger partial charge in [-0.1, -0.05) is 13.8 Å². The molecule has 0 aliphatic carbocycles. The SMILES string of the molecule is [2H]C(C)([13CH3])C(=O)C(=O)[O-].[Na+]. The zero-order valence-electron chi connectivity index (χ0n) is 6.72. The molecule has 0 saturated carbocycles. The van der Waals surface area contributed by atoms with Crippen LogP contribution in [0.4, 0.5) is 0 Å². The van der Waals surface area contributed by atoms with Crippen molar-refractivity contribution in [1.29, 1.82) is 0 Å². The van der Waals surface area contributed by atoms with E-state index in [9.17, 15) is 14.7 Å². The van der Waals surface area contributed by atoms with Crippen molar-refractivity contribution >= 4 is 11.8 Å². The monoisotopic (exact) mass is 140 g/mol. The first-order chi connectivity index (χ1) is 3.85. The summed E-state index contributed by atoms with van der Waals surface area (Å²) in [5, 5.41) is 9.77. The number of rotatable bonds is 2. The number of hydrogen-bond acceptors (Lipinski definition) is 3. The molecule has 0 spiro atoms. The maximum absolute atomic E-state index is 10.3. The van der Waals surface area contributed by atoms with Gasteiger partial charge in [-0.05, 0) is 0 Å². The first-order valence-corrected chi connectivity index (χ1v) is 2.11. The Balaban J connectivity index is 0. The Morgan fingerprint density at radius 1 is 1.56 bits per heavy atom. The molecule has 1 atom stereocenters. The van der Waals surface area contributed by atoms with Crippen LogP contribution in [0.2, 0.25) is 0 Å². The maximum atomic E-state index is 10.3. The fraction of sp³-hybridized carbons (Fsp3) is 0.600. The van der Waals surface area contributed by atoms with Gasteiger partial charge >= 0.3 is 29.6 Å². The second-order valence-electron chi connectivity index (χ2n) is 1.62. The second kappa shape index (κ2) is 4.97. The molecule has 0 amide bonds. The van der Waals surface area contributed by atoms with Crippen LogP contribution in [-0.4, -0.2) is 11.8 Å². The van der Waals surface area contributed by atoms with Crippen molar-refractivity contribution in [2.45, 2.75) is 13.8 Å². The Morgan fingerprint density at radius 3 is 1.89 bits per heavy atom. The van der Waals surface area contributed by atoms with Crippen LogP contribution in [0.1, 0.15) is 15.2 Å². The van der Waals surface area contributed by atoms with Crippen LogP contribution in [0.15, 0.2) is 0 Å². The van der Waals surface area contributed by atoms with Crippen molar-refractivity contribution < 1.29 is 45.6 Å². The van der Waals surface area contributed by atoms with E-state index >= 15 is 0 Å². The van der Waals surface area contributed by atoms with Crippen molar-refractivity contribution in [1.82, 2.24) is 0 Å². The van der Waals surface area contributed by atoms with Gasteiger partial charge in [0.1, 0.15) is 5.97 Å². The van der Waals surface area contributed by atoms with E-state index in [1.165, 1.54) is 13.8 Å². The molecule has 0 bridgehead atoms. The van der Waals surface area contributed by atoms with E-state index in [0.29, 0.717) is 0 Å². The van der Waals surface area contributed by atoms with Gasteiger partial charge in [0.05, 0.1) is 0 Å². The van der Waals surface area contributed by atoms with Crippen LogP contribution >= 0.6 is 0 Å². The Morgan fingerprint density at radius 2 is 1.89 bits per heavy atom. The van der Waals surface area contributed by atoms with Crippen molar-refractivity contribution in [3.05, 3.63) is 0 Å². The summed E-state index contributed by atoms with van der Waals surface area (Å²) in [7, 11) is 0. The zero-order valence-corrected chi connectivity index (χ0v) is 7.72. The third kappa shape index (κ3) is 4.63. The fourth-order valence-corrected chi connectivity index (χ4v) is 0.204. The summed E-state index contributed by atoms with van der Waals surface area (Å²) in [6.07, 6.45) is 0. The van der Waals surface area contributed by atoms with Crippen molar-refractivity contribution in [3.63, 3.8) is 0 Å². The quantitative estimate of drug-likeness (QED) is 0.223. The largest absolute Gasteiger partial charge is 1.00 e. The van der Waals surface area contributed by atoms with Crippen molar-refractivity contribution in [3.8, 4) is 0 Å². The van der Waals surface area contributed by atoms with Crippen LogP contribution in [0.3, 0.4) is 0 Å². The van der Waals surface area contributed by atoms with E-state index in [1.807, 2.05) is 0 Å². The molecule has 0 saturated heterocycles. The Kier molecular flexibility index (Phi) is 5.04. The minimum absolute atomic E-state index is 0. The van der Waals surface area contributed by atoms with E-state index < -0.39 is 17.6 Å². The number of hydrogen-bond donors (Lipinski definition) is 0. The molecule has 0 radical (unpaired) electrons. The maximum Gasteiger partial charge on any atom is 1.00 e. The van der Waals surface area contributed by atoms with Gasteiger partial charge in [-0.3, -0.25) is 4.79 Å². The van der Waals surface area contributed by atoms with E-state index in [2.05, 4.69) is 0 Å². The standard InChI is InChI=1S/C5H8O3.Na/c1-3(2)4(6)5(7)8;/h3H,1-2H3,(H,7,8);/q;+1/p-1/i1+1,3D;. The Labute approximate surface area is 77.1 Å². The molecule has 0 aromatic rings. The molecular weight excluding hydrogens is 132 g/mol. The molecule has 0 fully saturated rings. The molecule has 0 aromatic heterocycles. The van der Waals surface area contributed by atoms with Crippen LogP contribution in [-0.2, 0) is 9.59 Å². The zero-order chi connectivity index (χ0) is 7.65. The van der Waals surface area contributed by atoms with Gasteiger partial charge in [0.15, 0.2) is 5.78 Å². The van der Waals surface area contributed by atoms with Crippen LogP contribution in [0.25, 0.3) is 0 Å². The normalized spacial score (nSPS) is 16.4. The fourth-order valence-electron chi connectivity index (χ4n) is 0.204. The molecule has 0 rings (SSSR count). The minimum atomic E-state index is -1.80. The van der Waals surface area contributed by atoms with Gasteiger partial charge < -0.3 is 9.90 Å². The van der Waals surface area contributed by atoms with Gasteiger partial charge in [0.25, 0.3) is 0 Å². The smallest absolute Gasteiger partial charge is 0.542 e. The third-order valence-electron chi connectivity index (χ3n) is 0.640. The molecule has 3 nitrogen and oxygen atoms in total. The first kappa shape index (κ1) is 9.14. The average Bonchev–Trinajstić information content (AvgIpc) is 1.62. The number of aliphatic carboxylic acids is 1. The van der Waals surface area contributed by atoms with Crippen molar-refractivity contribution in [2.24, 2.45) is 5.89 Å². The summed E-state index contributed by atoms with van der Waals surface area (Å²) in [6.45, 7) is 2.40. The second-order valence-corrected chi connectivity index (χ2v) is 1.62. The molecule has 0 heterocycles. The van der Waals surface area contributed by atoms with Gasteiger partial charge in [0, 0.05) is 7.26 Å². The molecule has 9 heavy (non-hydrogen) atoms. The summed E-state index contributed by atoms with van der Waals surface area (Å²) in [4.78, 5) is 20.1. The minimum Gasteiger partial charge on any atom is -0.542 e. The number of carbonyl (C=O) groups excluding carboxylic acids is 2. The van der Waals surface area contributed by atoms with E-state index in [-0.39, 0.29) is 29.6 Å². The predicted molar refractivity (Wildman–Crippen MR) is 24.9 cm³/mol. The van der Waals surface area contributed by atoms with Crippen LogP contribution in [0.5, 0.6) is 0 Å². The molecule has 0 aliphatic rings. The molecule has 0 aliphatic heterocycles. The third-order valence-corrected chi connectivity index (χ3v) is 0.640. The summed E-state index contributed by atoms with van der Waals surface area (Å²) in [5.41, 5.74) is 0. The molecule has 0 N–H and O–H groups in total. The van der Waals surface area contributed by atoms with Gasteiger partial charge in [-0.2, -0.15) is 0 Å². The van der Waals surface area contributed by atoms with Gasteiger partial charge in [-0.25, -0.2) is 0 Å². The predicted octanol–water partition coefficient (Wildman–Crippen LogP) is -4.03. The van der Waals surface area contributed by atoms with Crippen LogP contribution in [0, 0.1) is 5.89 Å². The summed E-state index contributed by atoms with van der Waals surface area (Å²) in [5.74, 6) is -4.56. The molecule has 46 valence electrons. The Bertz CT molecular complexity index is 149. The van der Waals surface area contributed by atoms with E-state index in [1.54, 1.807) is 0 Å². The van der Waals surface area contributed by atoms with E-state index in [4.69, 9.17) is 1.37 Å². The Hall–Kier alpha value is 0.140. The molecule has 1 unspecified atom stereocenters. The molecule has 0 aromatic carbocycles. The average molecular weight is 140 g/mol. The summed E-state index contributed by atoms with van der Waals surface area (Å²) < 4.78 is 6.90. The first-order valence-electron chi connectivity index (χ1n) is 2.61. The van der Waals surface area contributed by atoms with Gasteiger partial charge in [-0.15, -0.1) is 0 Å². The van der Waals surface area contributed by atoms with Crippen molar-refractivity contribution in [2.75, 3.05) is 0 Å². The number of carboxylic acid groups (broad SMARTS) is 1. The van der Waals surface area contributed by atoms with E-state index in [0.717, 1.165) is 0 Å². The number of carbonyl (C=O) groups is 2. The van der Waals surface area contributed by atoms with Crippen LogP contribution < -0.4 is 34.7 Å². The summed E-state index contributed by atoms with van der Waals surface area (Å²) in [6, 6.07) is 0. The number of ketones is 1. The summed E-state index contributed by atoms with van der Waals surface area (Å²) >= 11 is 0. The molecule has 4 heteroatoms.